The fourth-order valence-electron chi connectivity index (χ4n) is 0.838. The zero-order valence-corrected chi connectivity index (χ0v) is 10.5. The molecule has 0 aliphatic rings. The van der Waals surface area contributed by atoms with Gasteiger partial charge in [0.05, 0.1) is 6.61 Å². The van der Waals surface area contributed by atoms with E-state index in [9.17, 15) is 9.59 Å². The number of ketones is 1. The normalized spacial score (nSPS) is 11.4. The molecule has 0 fully saturated rings. The number of rotatable bonds is 3. The molecule has 16 heavy (non-hydrogen) atoms. The smallest absolute Gasteiger partial charge is 0.342 e. The summed E-state index contributed by atoms with van der Waals surface area (Å²) in [6, 6.07) is 0. The van der Waals surface area contributed by atoms with Crippen LogP contribution in [0.25, 0.3) is 0 Å². The van der Waals surface area contributed by atoms with Gasteiger partial charge in [0.2, 0.25) is 0 Å². The summed E-state index contributed by atoms with van der Waals surface area (Å²) in [6.45, 7) is 9.11. The highest BCUT2D eigenvalue weighted by atomic mass is 16.5. The Balaban J connectivity index is 4.92. The number of ether oxygens (including phenoxy) is 1. The van der Waals surface area contributed by atoms with Gasteiger partial charge in [0.1, 0.15) is 5.57 Å². The first kappa shape index (κ1) is 14.4. The van der Waals surface area contributed by atoms with Gasteiger partial charge in [0, 0.05) is 11.5 Å². The topological polar surface area (TPSA) is 43.4 Å². The van der Waals surface area contributed by atoms with E-state index < -0.39 is 5.97 Å². The molecule has 0 bridgehead atoms. The Hall–Kier alpha value is -1.56. The number of hydrogen-bond acceptors (Lipinski definition) is 3. The van der Waals surface area contributed by atoms with E-state index >= 15 is 0 Å². The third-order valence-electron chi connectivity index (χ3n) is 1.54. The lowest BCUT2D eigenvalue weighted by Gasteiger charge is -2.06. The second-order valence-corrected chi connectivity index (χ2v) is 4.35. The first-order valence-electron chi connectivity index (χ1n) is 5.19. The number of carbonyl (C=O) groups is 2. The monoisotopic (exact) mass is 222 g/mol. The molecule has 0 aliphatic heterocycles. The van der Waals surface area contributed by atoms with Gasteiger partial charge in [-0.3, -0.25) is 4.79 Å². The summed E-state index contributed by atoms with van der Waals surface area (Å²) in [7, 11) is 0. The Morgan fingerprint density at radius 1 is 1.31 bits per heavy atom. The SMILES string of the molecule is CCOC(=O)/C(=C/C#CC(C)(C)C)C(C)=O. The molecule has 0 radical (unpaired) electrons. The molecule has 0 atom stereocenters. The van der Waals surface area contributed by atoms with Crippen molar-refractivity contribution in [2.24, 2.45) is 5.41 Å². The van der Waals surface area contributed by atoms with Crippen LogP contribution in [0, 0.1) is 17.3 Å². The van der Waals surface area contributed by atoms with E-state index in [1.807, 2.05) is 20.8 Å². The standard InChI is InChI=1S/C13H18O3/c1-6-16-12(15)11(10(2)14)8-7-9-13(3,4)5/h8H,6H2,1-5H3/b11-8+. The molecule has 3 nitrogen and oxygen atoms in total. The minimum Gasteiger partial charge on any atom is -0.462 e. The predicted octanol–water partition coefficient (Wildman–Crippen LogP) is 2.11. The van der Waals surface area contributed by atoms with Crippen molar-refractivity contribution in [1.29, 1.82) is 0 Å². The third-order valence-corrected chi connectivity index (χ3v) is 1.54. The van der Waals surface area contributed by atoms with Crippen molar-refractivity contribution in [2.75, 3.05) is 6.61 Å². The fourth-order valence-corrected chi connectivity index (χ4v) is 0.838. The molecule has 0 aliphatic carbocycles. The first-order chi connectivity index (χ1) is 7.28. The number of hydrogen-bond donors (Lipinski definition) is 0. The van der Waals surface area contributed by atoms with Crippen LogP contribution in [0.15, 0.2) is 11.6 Å². The Bertz CT molecular complexity index is 359. The minimum absolute atomic E-state index is 0.00130. The van der Waals surface area contributed by atoms with E-state index in [1.54, 1.807) is 6.92 Å². The molecule has 88 valence electrons. The van der Waals surface area contributed by atoms with E-state index in [2.05, 4.69) is 11.8 Å². The van der Waals surface area contributed by atoms with E-state index in [0.717, 1.165) is 0 Å². The molecule has 0 rings (SSSR count). The van der Waals surface area contributed by atoms with Crippen LogP contribution < -0.4 is 0 Å². The van der Waals surface area contributed by atoms with E-state index in [0.29, 0.717) is 0 Å². The highest BCUT2D eigenvalue weighted by Gasteiger charge is 2.14. The lowest BCUT2D eigenvalue weighted by Crippen LogP contribution is -2.13. The zero-order valence-electron chi connectivity index (χ0n) is 10.5. The van der Waals surface area contributed by atoms with Crippen LogP contribution in [0.4, 0.5) is 0 Å². The van der Waals surface area contributed by atoms with Crippen LogP contribution in [0.2, 0.25) is 0 Å². The summed E-state index contributed by atoms with van der Waals surface area (Å²) in [4.78, 5) is 22.5. The summed E-state index contributed by atoms with van der Waals surface area (Å²) in [6.07, 6.45) is 1.32. The Kier molecular flexibility index (Phi) is 5.52. The molecule has 3 heteroatoms. The van der Waals surface area contributed by atoms with Crippen molar-refractivity contribution in [3.8, 4) is 11.8 Å². The molecule has 0 amide bonds. The summed E-state index contributed by atoms with van der Waals surface area (Å²) in [5.41, 5.74) is -0.161. The molecule has 0 spiro atoms. The Morgan fingerprint density at radius 3 is 2.25 bits per heavy atom. The van der Waals surface area contributed by atoms with Crippen LogP contribution in [-0.2, 0) is 14.3 Å². The molecular formula is C13H18O3. The molecule has 0 heterocycles. The van der Waals surface area contributed by atoms with Crippen LogP contribution in [-0.4, -0.2) is 18.4 Å². The van der Waals surface area contributed by atoms with Crippen molar-refractivity contribution >= 4 is 11.8 Å². The molecule has 0 aromatic rings. The van der Waals surface area contributed by atoms with Crippen LogP contribution >= 0.6 is 0 Å². The zero-order chi connectivity index (χ0) is 12.8. The second kappa shape index (κ2) is 6.12. The number of carbonyl (C=O) groups excluding carboxylic acids is 2. The van der Waals surface area contributed by atoms with E-state index in [4.69, 9.17) is 4.74 Å². The maximum Gasteiger partial charge on any atom is 0.342 e. The third kappa shape index (κ3) is 6.02. The van der Waals surface area contributed by atoms with Gasteiger partial charge in [-0.25, -0.2) is 4.79 Å². The van der Waals surface area contributed by atoms with Gasteiger partial charge in [-0.15, -0.1) is 0 Å². The molecular weight excluding hydrogens is 204 g/mol. The molecule has 0 aromatic heterocycles. The summed E-state index contributed by atoms with van der Waals surface area (Å²) in [5.74, 6) is 4.69. The van der Waals surface area contributed by atoms with Gasteiger partial charge in [-0.2, -0.15) is 0 Å². The first-order valence-corrected chi connectivity index (χ1v) is 5.19. The van der Waals surface area contributed by atoms with Gasteiger partial charge in [0.25, 0.3) is 0 Å². The van der Waals surface area contributed by atoms with Gasteiger partial charge < -0.3 is 4.74 Å². The lowest BCUT2D eigenvalue weighted by molar-refractivity contribution is -0.139. The number of Topliss-reactive ketones (excluding diaryl/α,β-unsaturated/α-hetero) is 1. The highest BCUT2D eigenvalue weighted by molar-refractivity contribution is 6.16. The average Bonchev–Trinajstić information content (AvgIpc) is 2.10. The van der Waals surface area contributed by atoms with Crippen molar-refractivity contribution in [3.63, 3.8) is 0 Å². The highest BCUT2D eigenvalue weighted by Crippen LogP contribution is 2.10. The van der Waals surface area contributed by atoms with Gasteiger partial charge in [0.15, 0.2) is 5.78 Å². The fraction of sp³-hybridized carbons (Fsp3) is 0.538. The van der Waals surface area contributed by atoms with Crippen molar-refractivity contribution < 1.29 is 14.3 Å². The summed E-state index contributed by atoms with van der Waals surface area (Å²) in [5, 5.41) is 0. The number of esters is 1. The van der Waals surface area contributed by atoms with Crippen molar-refractivity contribution in [2.45, 2.75) is 34.6 Å². The maximum atomic E-state index is 11.4. The molecule has 0 N–H and O–H groups in total. The van der Waals surface area contributed by atoms with Crippen LogP contribution in [0.5, 0.6) is 0 Å². The number of allylic oxidation sites excluding steroid dienone is 1. The Morgan fingerprint density at radius 2 is 1.88 bits per heavy atom. The molecule has 0 unspecified atom stereocenters. The quantitative estimate of drug-likeness (QED) is 0.241. The van der Waals surface area contributed by atoms with Gasteiger partial charge in [-0.1, -0.05) is 11.8 Å². The maximum absolute atomic E-state index is 11.4. The molecule has 0 aromatic carbocycles. The van der Waals surface area contributed by atoms with Crippen LogP contribution in [0.3, 0.4) is 0 Å². The minimum atomic E-state index is -0.613. The molecule has 0 saturated carbocycles. The van der Waals surface area contributed by atoms with E-state index in [1.165, 1.54) is 13.0 Å². The van der Waals surface area contributed by atoms with Crippen molar-refractivity contribution in [3.05, 3.63) is 11.6 Å². The predicted molar refractivity (Wildman–Crippen MR) is 62.6 cm³/mol. The largest absolute Gasteiger partial charge is 0.462 e. The van der Waals surface area contributed by atoms with Crippen LogP contribution in [0.1, 0.15) is 34.6 Å². The van der Waals surface area contributed by atoms with E-state index in [-0.39, 0.29) is 23.4 Å². The average molecular weight is 222 g/mol. The van der Waals surface area contributed by atoms with Gasteiger partial charge >= 0.3 is 5.97 Å². The molecule has 0 saturated heterocycles. The summed E-state index contributed by atoms with van der Waals surface area (Å²) < 4.78 is 4.75. The lowest BCUT2D eigenvalue weighted by atomic mass is 9.98. The van der Waals surface area contributed by atoms with Gasteiger partial charge in [-0.05, 0) is 34.6 Å². The second-order valence-electron chi connectivity index (χ2n) is 4.35. The Labute approximate surface area is 96.9 Å². The summed E-state index contributed by atoms with van der Waals surface area (Å²) >= 11 is 0. The van der Waals surface area contributed by atoms with Crippen molar-refractivity contribution in [1.82, 2.24) is 0 Å².